The molecule has 2 aromatic rings. The lowest BCUT2D eigenvalue weighted by molar-refractivity contribution is 0.101. The number of carbonyl (C=O) groups is 1. The lowest BCUT2D eigenvalue weighted by Gasteiger charge is -2.35. The van der Waals surface area contributed by atoms with Crippen LogP contribution in [0.5, 0.6) is 0 Å². The minimum absolute atomic E-state index is 0.0843. The van der Waals surface area contributed by atoms with Crippen molar-refractivity contribution in [1.82, 2.24) is 14.9 Å². The molecule has 1 aromatic carbocycles. The third-order valence-electron chi connectivity index (χ3n) is 4.89. The van der Waals surface area contributed by atoms with Gasteiger partial charge in [0.2, 0.25) is 0 Å². The fraction of sp³-hybridized carbons (Fsp3) is 0.421. The Hall–Kier alpha value is -2.70. The van der Waals surface area contributed by atoms with Gasteiger partial charge in [-0.3, -0.25) is 4.79 Å². The molecule has 0 bridgehead atoms. The Labute approximate surface area is 164 Å². The highest BCUT2D eigenvalue weighted by molar-refractivity contribution is 7.91. The van der Waals surface area contributed by atoms with Gasteiger partial charge in [-0.2, -0.15) is 5.26 Å². The number of nitrogens with zero attached hydrogens (tertiary/aromatic N) is 3. The molecule has 0 unspecified atom stereocenters. The van der Waals surface area contributed by atoms with E-state index in [9.17, 15) is 13.2 Å². The van der Waals surface area contributed by atoms with Crippen LogP contribution in [0.25, 0.3) is 0 Å². The molecule has 0 saturated carbocycles. The molecule has 1 amide bonds. The van der Waals surface area contributed by atoms with Crippen molar-refractivity contribution >= 4 is 21.4 Å². The molecule has 1 aromatic heterocycles. The molecule has 148 valence electrons. The van der Waals surface area contributed by atoms with E-state index in [0.29, 0.717) is 18.8 Å². The molecule has 1 fully saturated rings. The quantitative estimate of drug-likeness (QED) is 0.784. The number of carbonyl (C=O) groups excluding carboxylic acids is 1. The Balaban J connectivity index is 1.62. The molecule has 2 N–H and O–H groups in total. The van der Waals surface area contributed by atoms with E-state index < -0.39 is 15.7 Å². The molecule has 3 rings (SSSR count). The number of amides is 1. The van der Waals surface area contributed by atoms with Gasteiger partial charge in [0.1, 0.15) is 6.07 Å². The number of nitrogens with one attached hydrogen (secondary N) is 2. The van der Waals surface area contributed by atoms with Crippen LogP contribution in [-0.2, 0) is 15.3 Å². The van der Waals surface area contributed by atoms with Crippen LogP contribution in [0.4, 0.5) is 5.69 Å². The van der Waals surface area contributed by atoms with E-state index in [4.69, 9.17) is 5.26 Å². The van der Waals surface area contributed by atoms with Gasteiger partial charge in [0.15, 0.2) is 21.4 Å². The Bertz CT molecular complexity index is 989. The summed E-state index contributed by atoms with van der Waals surface area (Å²) >= 11 is 0. The molecule has 1 aliphatic rings. The molecule has 0 atom stereocenters. The van der Waals surface area contributed by atoms with Crippen LogP contribution in [0, 0.1) is 11.3 Å². The van der Waals surface area contributed by atoms with Crippen LogP contribution in [0.3, 0.4) is 0 Å². The summed E-state index contributed by atoms with van der Waals surface area (Å²) in [5.74, 6) is 0.104. The topological polar surface area (TPSA) is 119 Å². The number of imidazole rings is 1. The Kier molecular flexibility index (Phi) is 5.54. The molecule has 28 heavy (non-hydrogen) atoms. The first-order valence-electron chi connectivity index (χ1n) is 8.99. The molecular weight excluding hydrogens is 378 g/mol. The number of H-pyrrole nitrogens is 1. The van der Waals surface area contributed by atoms with Gasteiger partial charge in [-0.15, -0.1) is 0 Å². The second kappa shape index (κ2) is 7.73. The van der Waals surface area contributed by atoms with Gasteiger partial charge in [0.25, 0.3) is 5.91 Å². The van der Waals surface area contributed by atoms with E-state index in [1.165, 1.54) is 6.20 Å². The Morgan fingerprint density at radius 3 is 2.50 bits per heavy atom. The fourth-order valence-electron chi connectivity index (χ4n) is 3.25. The van der Waals surface area contributed by atoms with E-state index >= 15 is 0 Å². The number of rotatable bonds is 5. The van der Waals surface area contributed by atoms with E-state index in [2.05, 4.69) is 34.0 Å². The first kappa shape index (κ1) is 20.0. The third kappa shape index (κ3) is 4.77. The van der Waals surface area contributed by atoms with Crippen LogP contribution >= 0.6 is 0 Å². The lowest BCUT2D eigenvalue weighted by Crippen LogP contribution is -2.45. The van der Waals surface area contributed by atoms with Gasteiger partial charge < -0.3 is 15.2 Å². The number of hydrogen-bond acceptors (Lipinski definition) is 6. The van der Waals surface area contributed by atoms with E-state index in [1.807, 2.05) is 30.3 Å². The van der Waals surface area contributed by atoms with Crippen LogP contribution in [0.1, 0.15) is 35.7 Å². The first-order valence-corrected chi connectivity index (χ1v) is 10.8. The maximum Gasteiger partial charge on any atom is 0.291 e. The summed E-state index contributed by atoms with van der Waals surface area (Å²) in [5, 5.41) is 11.5. The second-order valence-electron chi connectivity index (χ2n) is 7.59. The summed E-state index contributed by atoms with van der Waals surface area (Å²) in [4.78, 5) is 20.9. The maximum absolute atomic E-state index is 12.2. The monoisotopic (exact) mass is 401 g/mol. The highest BCUT2D eigenvalue weighted by Crippen LogP contribution is 2.26. The summed E-state index contributed by atoms with van der Waals surface area (Å²) in [7, 11) is -2.88. The van der Waals surface area contributed by atoms with Gasteiger partial charge in [-0.05, 0) is 17.7 Å². The molecule has 0 aliphatic carbocycles. The normalized spacial score (nSPS) is 17.0. The average Bonchev–Trinajstić information content (AvgIpc) is 3.13. The van der Waals surface area contributed by atoms with Crippen molar-refractivity contribution in [3.05, 3.63) is 47.5 Å². The van der Waals surface area contributed by atoms with Crippen molar-refractivity contribution in [3.63, 3.8) is 0 Å². The summed E-state index contributed by atoms with van der Waals surface area (Å²) in [6.07, 6.45) is 1.38. The number of hydrogen-bond donors (Lipinski definition) is 2. The van der Waals surface area contributed by atoms with Crippen LogP contribution in [-0.4, -0.2) is 60.3 Å². The number of sulfone groups is 1. The number of nitriles is 1. The van der Waals surface area contributed by atoms with Gasteiger partial charge >= 0.3 is 0 Å². The van der Waals surface area contributed by atoms with Crippen molar-refractivity contribution < 1.29 is 13.2 Å². The summed E-state index contributed by atoms with van der Waals surface area (Å²) in [6.45, 7) is 6.13. The van der Waals surface area contributed by atoms with Crippen LogP contribution < -0.4 is 5.32 Å². The molecular formula is C19H23N5O3S. The van der Waals surface area contributed by atoms with Crippen molar-refractivity contribution in [2.45, 2.75) is 19.3 Å². The standard InChI is InChI=1S/C19H23N5O3S/c1-19(2,13-24-7-9-28(26,27)10-8-24)14-3-5-15(6-4-14)23-18(25)17-21-12-16(11-20)22-17/h3-6,12H,7-10,13H2,1-2H3,(H,21,22)(H,23,25). The Morgan fingerprint density at radius 1 is 1.29 bits per heavy atom. The van der Waals surface area contributed by atoms with E-state index in [-0.39, 0.29) is 28.4 Å². The number of aromatic nitrogens is 2. The van der Waals surface area contributed by atoms with Crippen molar-refractivity contribution in [1.29, 1.82) is 5.26 Å². The molecule has 1 aliphatic heterocycles. The zero-order chi connectivity index (χ0) is 20.4. The van der Waals surface area contributed by atoms with Crippen LogP contribution in [0.2, 0.25) is 0 Å². The fourth-order valence-corrected chi connectivity index (χ4v) is 4.53. The number of aromatic amines is 1. The minimum atomic E-state index is -2.88. The van der Waals surface area contributed by atoms with E-state index in [0.717, 1.165) is 12.1 Å². The predicted molar refractivity (Wildman–Crippen MR) is 106 cm³/mol. The lowest BCUT2D eigenvalue weighted by atomic mass is 9.84. The van der Waals surface area contributed by atoms with Crippen molar-refractivity contribution in [2.24, 2.45) is 0 Å². The SMILES string of the molecule is CC(C)(CN1CCS(=O)(=O)CC1)c1ccc(NC(=O)c2nc(C#N)c[nH]2)cc1. The zero-order valence-corrected chi connectivity index (χ0v) is 16.7. The van der Waals surface area contributed by atoms with Crippen molar-refractivity contribution in [3.8, 4) is 6.07 Å². The average molecular weight is 401 g/mol. The predicted octanol–water partition coefficient (Wildman–Crippen LogP) is 1.54. The number of benzene rings is 1. The summed E-state index contributed by atoms with van der Waals surface area (Å²) < 4.78 is 23.2. The number of anilines is 1. The molecule has 8 nitrogen and oxygen atoms in total. The van der Waals surface area contributed by atoms with Gasteiger partial charge in [0, 0.05) is 36.9 Å². The van der Waals surface area contributed by atoms with Gasteiger partial charge in [-0.25, -0.2) is 13.4 Å². The largest absolute Gasteiger partial charge is 0.339 e. The Morgan fingerprint density at radius 2 is 1.93 bits per heavy atom. The minimum Gasteiger partial charge on any atom is -0.339 e. The van der Waals surface area contributed by atoms with Crippen LogP contribution in [0.15, 0.2) is 30.5 Å². The van der Waals surface area contributed by atoms with Crippen molar-refractivity contribution in [2.75, 3.05) is 36.5 Å². The molecule has 9 heteroatoms. The molecule has 1 saturated heterocycles. The highest BCUT2D eigenvalue weighted by atomic mass is 32.2. The summed E-state index contributed by atoms with van der Waals surface area (Å²) in [5.41, 5.74) is 1.73. The van der Waals surface area contributed by atoms with Gasteiger partial charge in [0.05, 0.1) is 11.5 Å². The summed E-state index contributed by atoms with van der Waals surface area (Å²) in [6, 6.07) is 9.43. The maximum atomic E-state index is 12.2. The molecule has 0 radical (unpaired) electrons. The zero-order valence-electron chi connectivity index (χ0n) is 15.9. The van der Waals surface area contributed by atoms with Gasteiger partial charge in [-0.1, -0.05) is 26.0 Å². The molecule has 0 spiro atoms. The van der Waals surface area contributed by atoms with E-state index in [1.54, 1.807) is 0 Å². The molecule has 2 heterocycles. The first-order chi connectivity index (χ1) is 13.2. The second-order valence-corrected chi connectivity index (χ2v) is 9.89. The smallest absolute Gasteiger partial charge is 0.291 e. The highest BCUT2D eigenvalue weighted by Gasteiger charge is 2.28. The third-order valence-corrected chi connectivity index (χ3v) is 6.50.